The summed E-state index contributed by atoms with van der Waals surface area (Å²) < 4.78 is 69.6. The van der Waals surface area contributed by atoms with Crippen LogP contribution in [0.4, 0.5) is 10.1 Å². The fourth-order valence-corrected chi connectivity index (χ4v) is 4.85. The Morgan fingerprint density at radius 3 is 1.92 bits per heavy atom. The highest BCUT2D eigenvalue weighted by Gasteiger charge is 2.22. The Morgan fingerprint density at radius 2 is 1.39 bits per heavy atom. The molecule has 36 heavy (non-hydrogen) atoms. The molecule has 0 spiro atoms. The number of halogens is 2. The molecule has 3 aromatic carbocycles. The van der Waals surface area contributed by atoms with E-state index in [1.807, 2.05) is 0 Å². The second-order valence-corrected chi connectivity index (χ2v) is 9.33. The van der Waals surface area contributed by atoms with E-state index < -0.39 is 15.8 Å². The van der Waals surface area contributed by atoms with Crippen molar-refractivity contribution in [2.45, 2.75) is 4.90 Å². The lowest BCUT2D eigenvalue weighted by atomic mass is 10.1. The van der Waals surface area contributed by atoms with Gasteiger partial charge in [-0.2, -0.15) is 0 Å². The number of nitrogens with one attached hydrogen (secondary N) is 1. The summed E-state index contributed by atoms with van der Waals surface area (Å²) in [4.78, 5) is -0.140. The summed E-state index contributed by atoms with van der Waals surface area (Å²) in [6, 6.07) is 10.00. The fraction of sp³-hybridized carbons (Fsp3) is 0.200. The predicted octanol–water partition coefficient (Wildman–Crippen LogP) is 5.49. The molecule has 0 fully saturated rings. The van der Waals surface area contributed by atoms with Gasteiger partial charge in [0.1, 0.15) is 11.4 Å². The third kappa shape index (κ3) is 5.60. The first kappa shape index (κ1) is 27.0. The maximum Gasteiger partial charge on any atom is 0.262 e. The van der Waals surface area contributed by atoms with Crippen molar-refractivity contribution in [2.24, 2.45) is 0 Å². The van der Waals surface area contributed by atoms with Gasteiger partial charge in [0.2, 0.25) is 5.75 Å². The Labute approximate surface area is 214 Å². The van der Waals surface area contributed by atoms with Crippen molar-refractivity contribution in [1.82, 2.24) is 0 Å². The minimum absolute atomic E-state index is 0.0897. The lowest BCUT2D eigenvalue weighted by molar-refractivity contribution is 0.324. The maximum atomic E-state index is 14.5. The molecule has 0 saturated carbocycles. The SMILES string of the molecule is COc1ccc(S(=O)(=O)Nc2c(/C=C\c3cc(OC)c(OC)c(OC)c3)ccc(F)c2OC)cc1Cl. The quantitative estimate of drug-likeness (QED) is 0.342. The van der Waals surface area contributed by atoms with Gasteiger partial charge in [0, 0.05) is 5.56 Å². The molecule has 0 bridgehead atoms. The van der Waals surface area contributed by atoms with Crippen molar-refractivity contribution >= 4 is 39.5 Å². The normalized spacial score (nSPS) is 11.3. The molecule has 192 valence electrons. The summed E-state index contributed by atoms with van der Waals surface area (Å²) in [5, 5.41) is 0.106. The van der Waals surface area contributed by atoms with Gasteiger partial charge in [-0.15, -0.1) is 0 Å². The highest BCUT2D eigenvalue weighted by Crippen LogP contribution is 2.39. The lowest BCUT2D eigenvalue weighted by Crippen LogP contribution is -2.15. The molecule has 0 aliphatic rings. The Balaban J connectivity index is 2.07. The van der Waals surface area contributed by atoms with Gasteiger partial charge >= 0.3 is 0 Å². The second kappa shape index (κ2) is 11.4. The summed E-state index contributed by atoms with van der Waals surface area (Å²) >= 11 is 6.10. The van der Waals surface area contributed by atoms with Crippen LogP contribution in [0.25, 0.3) is 12.2 Å². The zero-order valence-electron chi connectivity index (χ0n) is 20.2. The van der Waals surface area contributed by atoms with Crippen molar-refractivity contribution in [1.29, 1.82) is 0 Å². The van der Waals surface area contributed by atoms with Gasteiger partial charge < -0.3 is 23.7 Å². The number of anilines is 1. The molecule has 0 aliphatic heterocycles. The van der Waals surface area contributed by atoms with Gasteiger partial charge in [0.05, 0.1) is 45.5 Å². The van der Waals surface area contributed by atoms with Crippen LogP contribution in [0.3, 0.4) is 0 Å². The molecule has 0 amide bonds. The van der Waals surface area contributed by atoms with E-state index in [0.717, 1.165) is 0 Å². The summed E-state index contributed by atoms with van der Waals surface area (Å²) in [5.74, 6) is 0.592. The van der Waals surface area contributed by atoms with Crippen molar-refractivity contribution in [3.8, 4) is 28.7 Å². The van der Waals surface area contributed by atoms with Crippen LogP contribution >= 0.6 is 11.6 Å². The summed E-state index contributed by atoms with van der Waals surface area (Å²) in [7, 11) is 2.97. The van der Waals surface area contributed by atoms with Gasteiger partial charge in [-0.1, -0.05) is 23.8 Å². The summed E-state index contributed by atoms with van der Waals surface area (Å²) in [5.41, 5.74) is 0.904. The van der Waals surface area contributed by atoms with E-state index in [1.54, 1.807) is 24.3 Å². The lowest BCUT2D eigenvalue weighted by Gasteiger charge is -2.16. The first-order valence-electron chi connectivity index (χ1n) is 10.4. The molecular formula is C25H25ClFNO7S. The third-order valence-electron chi connectivity index (χ3n) is 5.16. The average Bonchev–Trinajstić information content (AvgIpc) is 2.87. The molecule has 3 rings (SSSR count). The molecule has 11 heteroatoms. The highest BCUT2D eigenvalue weighted by molar-refractivity contribution is 7.92. The van der Waals surface area contributed by atoms with Crippen LogP contribution in [0, 0.1) is 5.82 Å². The zero-order chi connectivity index (χ0) is 26.5. The van der Waals surface area contributed by atoms with E-state index in [9.17, 15) is 12.8 Å². The Bertz CT molecular complexity index is 1370. The molecule has 0 heterocycles. The van der Waals surface area contributed by atoms with Gasteiger partial charge in [-0.3, -0.25) is 4.72 Å². The average molecular weight is 538 g/mol. The van der Waals surface area contributed by atoms with E-state index in [0.29, 0.717) is 34.1 Å². The van der Waals surface area contributed by atoms with Crippen molar-refractivity contribution in [2.75, 3.05) is 40.3 Å². The van der Waals surface area contributed by atoms with Crippen LogP contribution in [0.5, 0.6) is 28.7 Å². The number of methoxy groups -OCH3 is 5. The standard InChI is InChI=1S/C25H25ClFNO7S/c1-31-20-11-9-17(14-18(20)26)36(29,30)28-23-16(8-10-19(27)24(23)34-4)7-6-15-12-21(32-2)25(35-5)22(13-15)33-3/h6-14,28H,1-5H3/b7-6-. The molecule has 1 N–H and O–H groups in total. The fourth-order valence-electron chi connectivity index (χ4n) is 3.41. The minimum Gasteiger partial charge on any atom is -0.495 e. The zero-order valence-corrected chi connectivity index (χ0v) is 21.8. The van der Waals surface area contributed by atoms with E-state index in [4.69, 9.17) is 35.3 Å². The number of ether oxygens (including phenoxy) is 5. The van der Waals surface area contributed by atoms with E-state index in [1.165, 1.54) is 65.9 Å². The number of benzene rings is 3. The molecule has 3 aromatic rings. The highest BCUT2D eigenvalue weighted by atomic mass is 35.5. The maximum absolute atomic E-state index is 14.5. The number of rotatable bonds is 10. The Morgan fingerprint density at radius 1 is 0.778 bits per heavy atom. The number of sulfonamides is 1. The molecule has 0 unspecified atom stereocenters. The molecule has 0 saturated heterocycles. The molecular weight excluding hydrogens is 513 g/mol. The topological polar surface area (TPSA) is 92.3 Å². The monoisotopic (exact) mass is 537 g/mol. The predicted molar refractivity (Wildman–Crippen MR) is 137 cm³/mol. The van der Waals surface area contributed by atoms with Crippen LogP contribution in [-0.2, 0) is 10.0 Å². The van der Waals surface area contributed by atoms with E-state index >= 15 is 0 Å². The van der Waals surface area contributed by atoms with Crippen LogP contribution in [0.2, 0.25) is 5.02 Å². The Kier molecular flexibility index (Phi) is 8.54. The van der Waals surface area contributed by atoms with Gasteiger partial charge in [0.25, 0.3) is 10.0 Å². The van der Waals surface area contributed by atoms with Gasteiger partial charge in [-0.05, 0) is 48.0 Å². The minimum atomic E-state index is -4.17. The van der Waals surface area contributed by atoms with Crippen LogP contribution in [-0.4, -0.2) is 44.0 Å². The van der Waals surface area contributed by atoms with Gasteiger partial charge in [-0.25, -0.2) is 12.8 Å². The summed E-state index contributed by atoms with van der Waals surface area (Å²) in [6.45, 7) is 0. The van der Waals surface area contributed by atoms with Gasteiger partial charge in [0.15, 0.2) is 23.1 Å². The van der Waals surface area contributed by atoms with E-state index in [-0.39, 0.29) is 21.4 Å². The largest absolute Gasteiger partial charge is 0.495 e. The summed E-state index contributed by atoms with van der Waals surface area (Å²) in [6.07, 6.45) is 3.28. The molecule has 0 atom stereocenters. The van der Waals surface area contributed by atoms with E-state index in [2.05, 4.69) is 4.72 Å². The number of hydrogen-bond donors (Lipinski definition) is 1. The van der Waals surface area contributed by atoms with Crippen LogP contribution in [0.15, 0.2) is 47.4 Å². The molecule has 0 aromatic heterocycles. The second-order valence-electron chi connectivity index (χ2n) is 7.24. The first-order valence-corrected chi connectivity index (χ1v) is 12.3. The molecule has 0 aliphatic carbocycles. The first-order chi connectivity index (χ1) is 17.2. The van der Waals surface area contributed by atoms with Crippen molar-refractivity contribution < 1.29 is 36.5 Å². The smallest absolute Gasteiger partial charge is 0.262 e. The van der Waals surface area contributed by atoms with Crippen molar-refractivity contribution in [3.63, 3.8) is 0 Å². The number of hydrogen-bond acceptors (Lipinski definition) is 7. The van der Waals surface area contributed by atoms with Crippen LogP contribution < -0.4 is 28.4 Å². The third-order valence-corrected chi connectivity index (χ3v) is 6.80. The Hall–Kier alpha value is -3.63. The van der Waals surface area contributed by atoms with Crippen LogP contribution in [0.1, 0.15) is 11.1 Å². The van der Waals surface area contributed by atoms with Crippen molar-refractivity contribution in [3.05, 3.63) is 64.4 Å². The molecule has 8 nitrogen and oxygen atoms in total. The molecule has 0 radical (unpaired) electrons.